The van der Waals surface area contributed by atoms with Crippen LogP contribution in [0.2, 0.25) is 0 Å². The smallest absolute Gasteiger partial charge is 0.226 e. The number of carbonyl (C=O) groups is 1. The lowest BCUT2D eigenvalue weighted by molar-refractivity contribution is -0.133. The van der Waals surface area contributed by atoms with Crippen molar-refractivity contribution in [1.82, 2.24) is 20.8 Å². The van der Waals surface area contributed by atoms with Gasteiger partial charge in [0, 0.05) is 0 Å². The molecule has 0 spiro atoms. The van der Waals surface area contributed by atoms with Gasteiger partial charge >= 0.3 is 0 Å². The predicted molar refractivity (Wildman–Crippen MR) is 65.6 cm³/mol. The number of hydrogen-bond acceptors (Lipinski definition) is 5. The fourth-order valence-corrected chi connectivity index (χ4v) is 2.59. The second-order valence-electron chi connectivity index (χ2n) is 4.81. The van der Waals surface area contributed by atoms with Crippen LogP contribution in [0.25, 0.3) is 0 Å². The molecule has 2 heterocycles. The van der Waals surface area contributed by atoms with E-state index in [1.54, 1.807) is 0 Å². The molecule has 1 aliphatic rings. The summed E-state index contributed by atoms with van der Waals surface area (Å²) in [6.45, 7) is 4.29. The largest absolute Gasteiger partial charge is 0.348 e. The van der Waals surface area contributed by atoms with E-state index in [4.69, 9.17) is 0 Å². The molecule has 0 saturated carbocycles. The second-order valence-corrected chi connectivity index (χ2v) is 4.81. The van der Waals surface area contributed by atoms with Crippen molar-refractivity contribution in [3.8, 4) is 0 Å². The summed E-state index contributed by atoms with van der Waals surface area (Å²) in [5.74, 6) is 0.639. The van der Waals surface area contributed by atoms with Gasteiger partial charge in [-0.2, -0.15) is 4.98 Å². The Hall–Kier alpha value is -1.43. The maximum atomic E-state index is 12.4. The zero-order valence-corrected chi connectivity index (χ0v) is 10.7. The van der Waals surface area contributed by atoms with Crippen LogP contribution in [0.15, 0.2) is 10.9 Å². The topological polar surface area (TPSA) is 80.1 Å². The van der Waals surface area contributed by atoms with Gasteiger partial charge in [0.15, 0.2) is 5.82 Å². The van der Waals surface area contributed by atoms with Crippen LogP contribution in [-0.4, -0.2) is 29.1 Å². The van der Waals surface area contributed by atoms with Crippen molar-refractivity contribution >= 4 is 5.91 Å². The van der Waals surface area contributed by atoms with Crippen molar-refractivity contribution in [2.45, 2.75) is 39.2 Å². The Morgan fingerprint density at radius 3 is 2.94 bits per heavy atom. The summed E-state index contributed by atoms with van der Waals surface area (Å²) in [5.41, 5.74) is -0.219. The molecule has 0 atom stereocenters. The van der Waals surface area contributed by atoms with E-state index in [0.29, 0.717) is 12.4 Å². The summed E-state index contributed by atoms with van der Waals surface area (Å²) in [7, 11) is 0. The first-order valence-corrected chi connectivity index (χ1v) is 6.51. The molecule has 1 aromatic rings. The molecule has 1 fully saturated rings. The number of aromatic nitrogens is 2. The minimum absolute atomic E-state index is 0.121. The highest BCUT2D eigenvalue weighted by Gasteiger charge is 2.38. The molecule has 0 aliphatic carbocycles. The van der Waals surface area contributed by atoms with Gasteiger partial charge in [-0.25, -0.2) is 0 Å². The second kappa shape index (κ2) is 5.95. The van der Waals surface area contributed by atoms with Crippen LogP contribution in [0.1, 0.15) is 38.4 Å². The highest BCUT2D eigenvalue weighted by molar-refractivity contribution is 5.82. The maximum Gasteiger partial charge on any atom is 0.226 e. The van der Waals surface area contributed by atoms with Gasteiger partial charge in [0.25, 0.3) is 0 Å². The van der Waals surface area contributed by atoms with Gasteiger partial charge in [-0.3, -0.25) is 4.79 Å². The van der Waals surface area contributed by atoms with Crippen LogP contribution in [-0.2, 0) is 11.3 Å². The Labute approximate surface area is 107 Å². The average Bonchev–Trinajstić information content (AvgIpc) is 2.90. The third-order valence-electron chi connectivity index (χ3n) is 3.58. The Kier molecular flexibility index (Phi) is 4.30. The van der Waals surface area contributed by atoms with Crippen molar-refractivity contribution in [3.63, 3.8) is 0 Å². The number of piperidine rings is 1. The molecule has 0 unspecified atom stereocenters. The molecular formula is C12H20N4O2. The first kappa shape index (κ1) is 13.0. The van der Waals surface area contributed by atoms with E-state index in [9.17, 15) is 4.79 Å². The zero-order chi connectivity index (χ0) is 12.8. The molecule has 1 aliphatic heterocycles. The highest BCUT2D eigenvalue weighted by Crippen LogP contribution is 2.34. The van der Waals surface area contributed by atoms with E-state index in [-0.39, 0.29) is 11.3 Å². The van der Waals surface area contributed by atoms with E-state index in [0.717, 1.165) is 38.8 Å². The van der Waals surface area contributed by atoms with Crippen LogP contribution in [0.3, 0.4) is 0 Å². The predicted octanol–water partition coefficient (Wildman–Crippen LogP) is 0.856. The van der Waals surface area contributed by atoms with E-state index < -0.39 is 0 Å². The lowest BCUT2D eigenvalue weighted by atomic mass is 9.74. The molecule has 6 heteroatoms. The fraction of sp³-hybridized carbons (Fsp3) is 0.750. The van der Waals surface area contributed by atoms with Gasteiger partial charge in [0.05, 0.1) is 12.0 Å². The van der Waals surface area contributed by atoms with E-state index >= 15 is 0 Å². The summed E-state index contributed by atoms with van der Waals surface area (Å²) >= 11 is 0. The molecule has 1 saturated heterocycles. The summed E-state index contributed by atoms with van der Waals surface area (Å²) in [4.78, 5) is 16.3. The average molecular weight is 252 g/mol. The molecule has 18 heavy (non-hydrogen) atoms. The summed E-state index contributed by atoms with van der Waals surface area (Å²) < 4.78 is 4.64. The molecule has 0 bridgehead atoms. The van der Waals surface area contributed by atoms with Crippen molar-refractivity contribution in [2.24, 2.45) is 5.41 Å². The SMILES string of the molecule is CCCC1(C(=O)NCc2ncon2)CCNCC1. The molecule has 0 aromatic carbocycles. The van der Waals surface area contributed by atoms with E-state index in [1.807, 2.05) is 0 Å². The summed E-state index contributed by atoms with van der Waals surface area (Å²) in [6, 6.07) is 0. The molecule has 2 N–H and O–H groups in total. The van der Waals surface area contributed by atoms with Crippen LogP contribution in [0, 0.1) is 5.41 Å². The molecule has 6 nitrogen and oxygen atoms in total. The lowest BCUT2D eigenvalue weighted by Gasteiger charge is -2.36. The van der Waals surface area contributed by atoms with Gasteiger partial charge in [0.1, 0.15) is 0 Å². The number of amides is 1. The number of carbonyl (C=O) groups excluding carboxylic acids is 1. The quantitative estimate of drug-likeness (QED) is 0.812. The van der Waals surface area contributed by atoms with Gasteiger partial charge in [-0.05, 0) is 32.4 Å². The Balaban J connectivity index is 1.95. The van der Waals surface area contributed by atoms with Crippen molar-refractivity contribution in [3.05, 3.63) is 12.2 Å². The number of nitrogens with one attached hydrogen (secondary N) is 2. The molecule has 100 valence electrons. The number of rotatable bonds is 5. The third-order valence-corrected chi connectivity index (χ3v) is 3.58. The minimum atomic E-state index is -0.219. The first-order chi connectivity index (χ1) is 8.77. The Bertz CT molecular complexity index is 366. The van der Waals surface area contributed by atoms with Crippen molar-refractivity contribution in [1.29, 1.82) is 0 Å². The van der Waals surface area contributed by atoms with Crippen molar-refractivity contribution in [2.75, 3.05) is 13.1 Å². The van der Waals surface area contributed by atoms with Crippen LogP contribution in [0.4, 0.5) is 0 Å². The first-order valence-electron chi connectivity index (χ1n) is 6.51. The van der Waals surface area contributed by atoms with Crippen LogP contribution < -0.4 is 10.6 Å². The summed E-state index contributed by atoms with van der Waals surface area (Å²) in [6.07, 6.45) is 5.04. The third kappa shape index (κ3) is 2.87. The van der Waals surface area contributed by atoms with Crippen LogP contribution in [0.5, 0.6) is 0 Å². The highest BCUT2D eigenvalue weighted by atomic mass is 16.5. The zero-order valence-electron chi connectivity index (χ0n) is 10.7. The van der Waals surface area contributed by atoms with Gasteiger partial charge in [0.2, 0.25) is 12.3 Å². The van der Waals surface area contributed by atoms with Crippen molar-refractivity contribution < 1.29 is 9.32 Å². The van der Waals surface area contributed by atoms with E-state index in [1.165, 1.54) is 6.39 Å². The molecule has 1 amide bonds. The molecule has 0 radical (unpaired) electrons. The standard InChI is InChI=1S/C12H20N4O2/c1-2-3-12(4-6-13-7-5-12)11(17)14-8-10-15-9-18-16-10/h9,13H,2-8H2,1H3,(H,14,17). The Morgan fingerprint density at radius 2 is 2.33 bits per heavy atom. The molecular weight excluding hydrogens is 232 g/mol. The maximum absolute atomic E-state index is 12.4. The Morgan fingerprint density at radius 1 is 1.56 bits per heavy atom. The fourth-order valence-electron chi connectivity index (χ4n) is 2.59. The van der Waals surface area contributed by atoms with Gasteiger partial charge in [-0.15, -0.1) is 0 Å². The number of hydrogen-bond donors (Lipinski definition) is 2. The number of nitrogens with zero attached hydrogens (tertiary/aromatic N) is 2. The molecule has 1 aromatic heterocycles. The minimum Gasteiger partial charge on any atom is -0.348 e. The van der Waals surface area contributed by atoms with E-state index in [2.05, 4.69) is 32.2 Å². The monoisotopic (exact) mass is 252 g/mol. The lowest BCUT2D eigenvalue weighted by Crippen LogP contribution is -2.47. The van der Waals surface area contributed by atoms with Gasteiger partial charge in [-0.1, -0.05) is 18.5 Å². The summed E-state index contributed by atoms with van der Waals surface area (Å²) in [5, 5.41) is 9.92. The van der Waals surface area contributed by atoms with Crippen LogP contribution >= 0.6 is 0 Å². The normalized spacial score (nSPS) is 18.5. The molecule has 2 rings (SSSR count). The van der Waals surface area contributed by atoms with Gasteiger partial charge < -0.3 is 15.2 Å².